The number of nitrogens with zero attached hydrogens (tertiary/aromatic N) is 1. The molecule has 0 aromatic heterocycles. The van der Waals surface area contributed by atoms with E-state index in [0.29, 0.717) is 0 Å². The van der Waals surface area contributed by atoms with Crippen LogP contribution in [0, 0.1) is 10.1 Å². The Balaban J connectivity index is 2.28. The molecule has 22 heavy (non-hydrogen) atoms. The van der Waals surface area contributed by atoms with Crippen LogP contribution in [-0.2, 0) is 0 Å². The van der Waals surface area contributed by atoms with E-state index in [1.807, 2.05) is 0 Å². The summed E-state index contributed by atoms with van der Waals surface area (Å²) in [5.41, 5.74) is 0.0363. The molecule has 7 nitrogen and oxygen atoms in total. The predicted octanol–water partition coefficient (Wildman–Crippen LogP) is 2.95. The van der Waals surface area contributed by atoms with Gasteiger partial charge in [-0.15, -0.1) is 0 Å². The van der Waals surface area contributed by atoms with Gasteiger partial charge in [-0.3, -0.25) is 14.9 Å². The van der Waals surface area contributed by atoms with Gasteiger partial charge in [0.25, 0.3) is 5.91 Å². The van der Waals surface area contributed by atoms with E-state index in [-0.39, 0.29) is 35.0 Å². The molecule has 7 heteroatoms. The molecule has 0 spiro atoms. The number of hydrogen-bond donors (Lipinski definition) is 2. The number of rotatable bonds is 5. The number of anilines is 1. The number of benzene rings is 2. The lowest BCUT2D eigenvalue weighted by Crippen LogP contribution is -2.12. The van der Waals surface area contributed by atoms with E-state index in [0.717, 1.165) is 6.07 Å². The zero-order valence-electron chi connectivity index (χ0n) is 11.8. The molecule has 2 aromatic rings. The number of amides is 1. The largest absolute Gasteiger partial charge is 0.506 e. The molecule has 0 unspecified atom stereocenters. The van der Waals surface area contributed by atoms with Crippen molar-refractivity contribution < 1.29 is 19.6 Å². The third-order valence-electron chi connectivity index (χ3n) is 2.87. The highest BCUT2D eigenvalue weighted by molar-refractivity contribution is 6.05. The van der Waals surface area contributed by atoms with Crippen LogP contribution < -0.4 is 10.1 Å². The van der Waals surface area contributed by atoms with Crippen molar-refractivity contribution in [1.29, 1.82) is 0 Å². The van der Waals surface area contributed by atoms with Gasteiger partial charge < -0.3 is 15.2 Å². The lowest BCUT2D eigenvalue weighted by Gasteiger charge is -2.08. The van der Waals surface area contributed by atoms with Crippen molar-refractivity contribution in [3.05, 3.63) is 58.1 Å². The number of phenols is 1. The Morgan fingerprint density at radius 2 is 2.05 bits per heavy atom. The molecule has 2 aromatic carbocycles. The molecular weight excluding hydrogens is 288 g/mol. The van der Waals surface area contributed by atoms with Gasteiger partial charge >= 0.3 is 5.69 Å². The van der Waals surface area contributed by atoms with Crippen molar-refractivity contribution in [2.24, 2.45) is 0 Å². The monoisotopic (exact) mass is 302 g/mol. The quantitative estimate of drug-likeness (QED) is 0.502. The van der Waals surface area contributed by atoms with Crippen LogP contribution in [0.25, 0.3) is 0 Å². The Hall–Kier alpha value is -3.09. The van der Waals surface area contributed by atoms with Crippen LogP contribution in [0.3, 0.4) is 0 Å². The Morgan fingerprint density at radius 1 is 1.32 bits per heavy atom. The molecule has 0 fully saturated rings. The first-order chi connectivity index (χ1) is 10.5. The number of ether oxygens (including phenoxy) is 1. The van der Waals surface area contributed by atoms with E-state index in [4.69, 9.17) is 4.74 Å². The molecule has 0 radical (unpaired) electrons. The van der Waals surface area contributed by atoms with Crippen molar-refractivity contribution in [2.45, 2.75) is 6.92 Å². The number of carbonyl (C=O) groups excluding carboxylic acids is 1. The van der Waals surface area contributed by atoms with Crippen LogP contribution in [0.1, 0.15) is 17.3 Å². The average Bonchev–Trinajstić information content (AvgIpc) is 2.50. The number of phenolic OH excluding ortho intramolecular Hbond substituents is 1. The fourth-order valence-electron chi connectivity index (χ4n) is 1.85. The second-order valence-corrected chi connectivity index (χ2v) is 4.34. The minimum atomic E-state index is -0.609. The molecule has 0 heterocycles. The topological polar surface area (TPSA) is 102 Å². The smallest absolute Gasteiger partial charge is 0.311 e. The maximum absolute atomic E-state index is 12.1. The Morgan fingerprint density at radius 3 is 2.68 bits per heavy atom. The van der Waals surface area contributed by atoms with Gasteiger partial charge in [0.05, 0.1) is 17.2 Å². The summed E-state index contributed by atoms with van der Waals surface area (Å²) in [6.45, 7) is 1.99. The van der Waals surface area contributed by atoms with E-state index < -0.39 is 10.8 Å². The van der Waals surface area contributed by atoms with Gasteiger partial charge in [-0.1, -0.05) is 12.1 Å². The van der Waals surface area contributed by atoms with E-state index in [2.05, 4.69) is 5.32 Å². The van der Waals surface area contributed by atoms with E-state index in [1.54, 1.807) is 19.1 Å². The van der Waals surface area contributed by atoms with Crippen molar-refractivity contribution in [1.82, 2.24) is 0 Å². The van der Waals surface area contributed by atoms with Crippen LogP contribution in [0.2, 0.25) is 0 Å². The standard InChI is InChI=1S/C15H14N2O5/c1-2-22-14-8-7-10(9-12(14)17(20)21)15(19)16-11-5-3-4-6-13(11)18/h3-9,18H,2H2,1H3,(H,16,19). The first kappa shape index (κ1) is 15.3. The zero-order valence-corrected chi connectivity index (χ0v) is 11.8. The van der Waals surface area contributed by atoms with Crippen LogP contribution in [0.15, 0.2) is 42.5 Å². The summed E-state index contributed by atoms with van der Waals surface area (Å²) in [5, 5.41) is 23.1. The summed E-state index contributed by atoms with van der Waals surface area (Å²) in [5.74, 6) is -0.546. The maximum Gasteiger partial charge on any atom is 0.311 e. The van der Waals surface area contributed by atoms with Gasteiger partial charge in [-0.25, -0.2) is 0 Å². The van der Waals surface area contributed by atoms with Gasteiger partial charge in [0.15, 0.2) is 5.75 Å². The van der Waals surface area contributed by atoms with Gasteiger partial charge in [0, 0.05) is 11.6 Å². The molecule has 0 saturated carbocycles. The number of hydrogen-bond acceptors (Lipinski definition) is 5. The first-order valence-electron chi connectivity index (χ1n) is 6.53. The summed E-state index contributed by atoms with van der Waals surface area (Å²) in [6, 6.07) is 10.2. The number of nitrogens with one attached hydrogen (secondary N) is 1. The van der Waals surface area contributed by atoms with Gasteiger partial charge in [-0.05, 0) is 31.2 Å². The van der Waals surface area contributed by atoms with E-state index >= 15 is 0 Å². The molecule has 0 aliphatic rings. The SMILES string of the molecule is CCOc1ccc(C(=O)Nc2ccccc2O)cc1[N+](=O)[O-]. The normalized spacial score (nSPS) is 10.0. The van der Waals surface area contributed by atoms with Crippen molar-refractivity contribution in [3.63, 3.8) is 0 Å². The molecule has 1 amide bonds. The summed E-state index contributed by atoms with van der Waals surface area (Å²) in [7, 11) is 0. The van der Waals surface area contributed by atoms with E-state index in [1.165, 1.54) is 24.3 Å². The van der Waals surface area contributed by atoms with Gasteiger partial charge in [-0.2, -0.15) is 0 Å². The van der Waals surface area contributed by atoms with Crippen molar-refractivity contribution in [3.8, 4) is 11.5 Å². The summed E-state index contributed by atoms with van der Waals surface area (Å²) >= 11 is 0. The third kappa shape index (κ3) is 3.32. The zero-order chi connectivity index (χ0) is 16.1. The fraction of sp³-hybridized carbons (Fsp3) is 0.133. The summed E-state index contributed by atoms with van der Waals surface area (Å²) < 4.78 is 5.16. The number of para-hydroxylation sites is 2. The van der Waals surface area contributed by atoms with Crippen molar-refractivity contribution >= 4 is 17.3 Å². The van der Waals surface area contributed by atoms with E-state index in [9.17, 15) is 20.0 Å². The lowest BCUT2D eigenvalue weighted by atomic mass is 10.1. The van der Waals surface area contributed by atoms with Crippen molar-refractivity contribution in [2.75, 3.05) is 11.9 Å². The molecule has 114 valence electrons. The molecule has 0 saturated heterocycles. The molecule has 2 N–H and O–H groups in total. The highest BCUT2D eigenvalue weighted by Gasteiger charge is 2.19. The molecular formula is C15H14N2O5. The molecule has 0 aliphatic heterocycles. The Bertz CT molecular complexity index is 715. The fourth-order valence-corrected chi connectivity index (χ4v) is 1.85. The molecule has 0 aliphatic carbocycles. The van der Waals surface area contributed by atoms with Crippen LogP contribution in [-0.4, -0.2) is 22.5 Å². The minimum absolute atomic E-state index is 0.0868. The summed E-state index contributed by atoms with van der Waals surface area (Å²) in [6.07, 6.45) is 0. The Kier molecular flexibility index (Phi) is 4.57. The second-order valence-electron chi connectivity index (χ2n) is 4.34. The molecule has 0 atom stereocenters. The Labute approximate surface area is 126 Å². The maximum atomic E-state index is 12.1. The van der Waals surface area contributed by atoms with Crippen LogP contribution in [0.4, 0.5) is 11.4 Å². The lowest BCUT2D eigenvalue weighted by molar-refractivity contribution is -0.385. The van der Waals surface area contributed by atoms with Crippen LogP contribution in [0.5, 0.6) is 11.5 Å². The average molecular weight is 302 g/mol. The summed E-state index contributed by atoms with van der Waals surface area (Å²) in [4.78, 5) is 22.6. The second kappa shape index (κ2) is 6.57. The highest BCUT2D eigenvalue weighted by atomic mass is 16.6. The first-order valence-corrected chi connectivity index (χ1v) is 6.53. The highest BCUT2D eigenvalue weighted by Crippen LogP contribution is 2.29. The molecule has 2 rings (SSSR count). The van der Waals surface area contributed by atoms with Crippen LogP contribution >= 0.6 is 0 Å². The number of aromatic hydroxyl groups is 1. The number of nitro benzene ring substituents is 1. The molecule has 0 bridgehead atoms. The number of nitro groups is 1. The third-order valence-corrected chi connectivity index (χ3v) is 2.87. The van der Waals surface area contributed by atoms with Gasteiger partial charge in [0.1, 0.15) is 5.75 Å². The number of carbonyl (C=O) groups is 1. The van der Waals surface area contributed by atoms with Gasteiger partial charge in [0.2, 0.25) is 0 Å². The minimum Gasteiger partial charge on any atom is -0.506 e. The predicted molar refractivity (Wildman–Crippen MR) is 80.3 cm³/mol.